The van der Waals surface area contributed by atoms with Gasteiger partial charge in [-0.15, -0.1) is 0 Å². The van der Waals surface area contributed by atoms with Crippen LogP contribution >= 0.6 is 0 Å². The molecule has 0 N–H and O–H groups in total. The number of hydrogen-bond acceptors (Lipinski definition) is 4. The molecular formula is C4BF3K2N2O2. The molecule has 1 aromatic rings. The summed E-state index contributed by atoms with van der Waals surface area (Å²) in [5.41, 5.74) is -1.27. The van der Waals surface area contributed by atoms with E-state index < -0.39 is 30.6 Å². The van der Waals surface area contributed by atoms with Gasteiger partial charge in [0, 0.05) is 5.59 Å². The molecule has 0 amide bonds. The van der Waals surface area contributed by atoms with Crippen molar-refractivity contribution in [2.45, 2.75) is 0 Å². The molecule has 0 spiro atoms. The average Bonchev–Trinajstić information content (AvgIpc) is 1.96. The van der Waals surface area contributed by atoms with Gasteiger partial charge in [0.05, 0.1) is 0 Å². The Morgan fingerprint density at radius 3 is 1.71 bits per heavy atom. The predicted octanol–water partition coefficient (Wildman–Crippen LogP) is -8.68. The van der Waals surface area contributed by atoms with Crippen molar-refractivity contribution in [3.8, 4) is 0 Å². The normalized spacial score (nSPS) is 8.64. The summed E-state index contributed by atoms with van der Waals surface area (Å²) in [6, 6.07) is 0. The summed E-state index contributed by atoms with van der Waals surface area (Å²) >= 11 is 0. The van der Waals surface area contributed by atoms with Gasteiger partial charge in [-0.05, 0) is 7.12 Å². The quantitative estimate of drug-likeness (QED) is 0.467. The van der Waals surface area contributed by atoms with Crippen molar-refractivity contribution >= 4 is 12.7 Å². The van der Waals surface area contributed by atoms with Crippen molar-refractivity contribution in [2.75, 3.05) is 0 Å². The average molecular weight is 254 g/mol. The van der Waals surface area contributed by atoms with E-state index in [0.717, 1.165) is 0 Å². The second-order valence-corrected chi connectivity index (χ2v) is 1.81. The summed E-state index contributed by atoms with van der Waals surface area (Å²) in [5.74, 6) is -5.22. The molecule has 0 bridgehead atoms. The zero-order valence-corrected chi connectivity index (χ0v) is 13.7. The summed E-state index contributed by atoms with van der Waals surface area (Å²) in [4.78, 5) is 4.79. The maximum atomic E-state index is 12.3. The van der Waals surface area contributed by atoms with Crippen molar-refractivity contribution in [3.63, 3.8) is 0 Å². The van der Waals surface area contributed by atoms with Crippen LogP contribution in [-0.4, -0.2) is 17.1 Å². The van der Waals surface area contributed by atoms with E-state index in [2.05, 4.69) is 9.97 Å². The molecule has 14 heavy (non-hydrogen) atoms. The number of halogens is 3. The topological polar surface area (TPSA) is 71.9 Å². The van der Waals surface area contributed by atoms with Crippen LogP contribution in [0.15, 0.2) is 0 Å². The van der Waals surface area contributed by atoms with Gasteiger partial charge in [-0.25, -0.2) is 4.98 Å². The molecule has 1 aromatic heterocycles. The fraction of sp³-hybridized carbons (Fsp3) is 0. The molecule has 4 nitrogen and oxygen atoms in total. The number of rotatable bonds is 1. The first-order valence-electron chi connectivity index (χ1n) is 2.72. The number of aromatic nitrogens is 2. The molecule has 10 heteroatoms. The zero-order valence-electron chi connectivity index (χ0n) is 7.42. The molecule has 64 valence electrons. The second kappa shape index (κ2) is 8.25. The van der Waals surface area contributed by atoms with E-state index in [1.807, 2.05) is 0 Å². The van der Waals surface area contributed by atoms with E-state index in [9.17, 15) is 23.2 Å². The Bertz CT molecular complexity index is 317. The summed E-state index contributed by atoms with van der Waals surface area (Å²) in [7, 11) is -2.81. The van der Waals surface area contributed by atoms with Crippen LogP contribution in [-0.2, 0) is 0 Å². The third kappa shape index (κ3) is 4.97. The standard InChI is InChI=1S/C4BF3N2O2.2K/c6-2-1(5(11)12)9-3(7)4(8)10-2;;/q-2;2*+1. The van der Waals surface area contributed by atoms with Crippen molar-refractivity contribution in [1.82, 2.24) is 9.97 Å². The summed E-state index contributed by atoms with van der Waals surface area (Å²) in [6.07, 6.45) is 0. The Balaban J connectivity index is 0. The molecule has 0 saturated heterocycles. The van der Waals surface area contributed by atoms with Crippen molar-refractivity contribution in [3.05, 3.63) is 17.8 Å². The third-order valence-corrected chi connectivity index (χ3v) is 1.02. The maximum absolute atomic E-state index is 12.3. The predicted molar refractivity (Wildman–Crippen MR) is 27.3 cm³/mol. The van der Waals surface area contributed by atoms with E-state index in [0.29, 0.717) is 0 Å². The van der Waals surface area contributed by atoms with Crippen molar-refractivity contribution in [2.24, 2.45) is 0 Å². The van der Waals surface area contributed by atoms with Crippen molar-refractivity contribution < 1.29 is 126 Å². The minimum atomic E-state index is -2.81. The van der Waals surface area contributed by atoms with Crippen LogP contribution in [0.2, 0.25) is 0 Å². The monoisotopic (exact) mass is 254 g/mol. The van der Waals surface area contributed by atoms with E-state index in [1.54, 1.807) is 0 Å². The Labute approximate surface area is 163 Å². The molecule has 0 atom stereocenters. The van der Waals surface area contributed by atoms with Crippen LogP contribution in [0.25, 0.3) is 0 Å². The fourth-order valence-electron chi connectivity index (χ4n) is 0.538. The zero-order chi connectivity index (χ0) is 9.30. The Morgan fingerprint density at radius 2 is 1.29 bits per heavy atom. The maximum Gasteiger partial charge on any atom is 1.00 e. The van der Waals surface area contributed by atoms with Crippen LogP contribution in [0.4, 0.5) is 13.2 Å². The first-order chi connectivity index (χ1) is 5.52. The van der Waals surface area contributed by atoms with E-state index in [-0.39, 0.29) is 103 Å². The van der Waals surface area contributed by atoms with E-state index >= 15 is 0 Å². The van der Waals surface area contributed by atoms with Crippen LogP contribution in [0.5, 0.6) is 0 Å². The molecule has 1 rings (SSSR count). The van der Waals surface area contributed by atoms with Crippen LogP contribution in [0.3, 0.4) is 0 Å². The molecule has 0 aliphatic rings. The van der Waals surface area contributed by atoms with Gasteiger partial charge in [0.15, 0.2) is 0 Å². The van der Waals surface area contributed by atoms with Gasteiger partial charge >= 0.3 is 103 Å². The fourth-order valence-corrected chi connectivity index (χ4v) is 0.538. The molecule has 0 radical (unpaired) electrons. The Morgan fingerprint density at radius 1 is 0.857 bits per heavy atom. The minimum Gasteiger partial charge on any atom is -0.888 e. The molecule has 0 aromatic carbocycles. The number of nitrogens with zero attached hydrogens (tertiary/aromatic N) is 2. The van der Waals surface area contributed by atoms with Gasteiger partial charge in [0.2, 0.25) is 5.95 Å². The molecule has 0 saturated carbocycles. The molecular weight excluding hydrogens is 254 g/mol. The van der Waals surface area contributed by atoms with Gasteiger partial charge in [-0.3, -0.25) is 0 Å². The Kier molecular flexibility index (Phi) is 10.9. The van der Waals surface area contributed by atoms with Gasteiger partial charge < -0.3 is 10.0 Å². The largest absolute Gasteiger partial charge is 1.00 e. The molecule has 0 aliphatic carbocycles. The molecule has 1 heterocycles. The van der Waals surface area contributed by atoms with Gasteiger partial charge in [-0.2, -0.15) is 18.2 Å². The van der Waals surface area contributed by atoms with E-state index in [1.165, 1.54) is 0 Å². The van der Waals surface area contributed by atoms with Crippen molar-refractivity contribution in [1.29, 1.82) is 0 Å². The first-order valence-corrected chi connectivity index (χ1v) is 2.72. The smallest absolute Gasteiger partial charge is 0.888 e. The Hall–Kier alpha value is 2.13. The summed E-state index contributed by atoms with van der Waals surface area (Å²) in [5, 5.41) is 20.1. The minimum absolute atomic E-state index is 0. The van der Waals surface area contributed by atoms with Gasteiger partial charge in [0.25, 0.3) is 11.9 Å². The summed E-state index contributed by atoms with van der Waals surface area (Å²) < 4.78 is 36.5. The van der Waals surface area contributed by atoms with Gasteiger partial charge in [0.1, 0.15) is 0 Å². The first kappa shape index (κ1) is 18.5. The van der Waals surface area contributed by atoms with Crippen LogP contribution in [0, 0.1) is 17.8 Å². The van der Waals surface area contributed by atoms with E-state index in [4.69, 9.17) is 0 Å². The SMILES string of the molecule is [K+].[K+].[O-]B([O-])c1nc(F)c(F)nc1F. The third-order valence-electron chi connectivity index (χ3n) is 1.02. The molecule has 0 fully saturated rings. The van der Waals surface area contributed by atoms with Crippen LogP contribution < -0.4 is 118 Å². The second-order valence-electron chi connectivity index (χ2n) is 1.81. The van der Waals surface area contributed by atoms with Gasteiger partial charge in [-0.1, -0.05) is 0 Å². The number of hydrogen-bond donors (Lipinski definition) is 0. The molecule has 0 aliphatic heterocycles. The van der Waals surface area contributed by atoms with Crippen LogP contribution in [0.1, 0.15) is 0 Å². The molecule has 0 unspecified atom stereocenters. The summed E-state index contributed by atoms with van der Waals surface area (Å²) in [6.45, 7) is 0.